The van der Waals surface area contributed by atoms with E-state index in [2.05, 4.69) is 21.2 Å². The molecular weight excluding hydrogens is 380 g/mol. The predicted molar refractivity (Wildman–Crippen MR) is 96.1 cm³/mol. The molecule has 0 unspecified atom stereocenters. The molecule has 0 aliphatic heterocycles. The van der Waals surface area contributed by atoms with E-state index in [1.807, 2.05) is 25.1 Å². The van der Waals surface area contributed by atoms with E-state index >= 15 is 0 Å². The fourth-order valence-corrected chi connectivity index (χ4v) is 3.35. The minimum absolute atomic E-state index is 0.000734. The van der Waals surface area contributed by atoms with Gasteiger partial charge in [0, 0.05) is 15.4 Å². The molecule has 0 spiro atoms. The van der Waals surface area contributed by atoms with Crippen LogP contribution in [0.5, 0.6) is 0 Å². The van der Waals surface area contributed by atoms with Crippen LogP contribution in [0, 0.1) is 24.0 Å². The van der Waals surface area contributed by atoms with Gasteiger partial charge in [-0.25, -0.2) is 0 Å². The summed E-state index contributed by atoms with van der Waals surface area (Å²) in [6, 6.07) is 10.5. The number of nitro benzene ring substituents is 1. The molecule has 2 rings (SSSR count). The second-order valence-electron chi connectivity index (χ2n) is 4.95. The average Bonchev–Trinajstić information content (AvgIpc) is 2.48. The normalized spacial score (nSPS) is 10.4. The number of thioether (sulfide) groups is 1. The summed E-state index contributed by atoms with van der Waals surface area (Å²) in [6.07, 6.45) is 0. The second kappa shape index (κ2) is 7.61. The van der Waals surface area contributed by atoms with Gasteiger partial charge in [-0.05, 0) is 43.7 Å². The van der Waals surface area contributed by atoms with Crippen LogP contribution < -0.4 is 5.32 Å². The number of carbonyl (C=O) groups excluding carboxylic acids is 1. The lowest BCUT2D eigenvalue weighted by Crippen LogP contribution is -2.15. The number of aryl methyl sites for hydroxylation is 1. The highest BCUT2D eigenvalue weighted by atomic mass is 79.9. The highest BCUT2D eigenvalue weighted by molar-refractivity contribution is 9.10. The van der Waals surface area contributed by atoms with Crippen molar-refractivity contribution in [2.45, 2.75) is 18.7 Å². The van der Waals surface area contributed by atoms with E-state index in [9.17, 15) is 14.9 Å². The van der Waals surface area contributed by atoms with Crippen LogP contribution in [-0.2, 0) is 4.79 Å². The Hall–Kier alpha value is -1.86. The standard InChI is InChI=1S/C16H15BrN2O3S/c1-10-8-12(17)6-7-15(10)23-9-16(20)18-13-4-3-5-14(11(13)2)19(21)22/h3-8H,9H2,1-2H3,(H,18,20). The summed E-state index contributed by atoms with van der Waals surface area (Å²) in [6.45, 7) is 3.61. The Morgan fingerprint density at radius 3 is 2.70 bits per heavy atom. The lowest BCUT2D eigenvalue weighted by molar-refractivity contribution is -0.385. The van der Waals surface area contributed by atoms with Crippen LogP contribution >= 0.6 is 27.7 Å². The topological polar surface area (TPSA) is 72.2 Å². The van der Waals surface area contributed by atoms with Crippen molar-refractivity contribution in [3.05, 3.63) is 62.1 Å². The van der Waals surface area contributed by atoms with Gasteiger partial charge in [-0.3, -0.25) is 14.9 Å². The van der Waals surface area contributed by atoms with Gasteiger partial charge in [-0.15, -0.1) is 11.8 Å². The number of rotatable bonds is 5. The number of carbonyl (C=O) groups is 1. The Morgan fingerprint density at radius 2 is 2.04 bits per heavy atom. The maximum absolute atomic E-state index is 12.1. The van der Waals surface area contributed by atoms with Gasteiger partial charge in [-0.1, -0.05) is 22.0 Å². The molecule has 0 aromatic heterocycles. The number of nitrogens with one attached hydrogen (secondary N) is 1. The first-order chi connectivity index (χ1) is 10.9. The Morgan fingerprint density at radius 1 is 1.30 bits per heavy atom. The zero-order valence-electron chi connectivity index (χ0n) is 12.6. The van der Waals surface area contributed by atoms with E-state index in [0.29, 0.717) is 11.3 Å². The third-order valence-corrected chi connectivity index (χ3v) is 4.94. The quantitative estimate of drug-likeness (QED) is 0.452. The third kappa shape index (κ3) is 4.56. The van der Waals surface area contributed by atoms with Crippen molar-refractivity contribution in [3.63, 3.8) is 0 Å². The molecule has 0 fully saturated rings. The molecule has 0 radical (unpaired) electrons. The number of amides is 1. The molecule has 1 amide bonds. The highest BCUT2D eigenvalue weighted by Gasteiger charge is 2.15. The number of halogens is 1. The van der Waals surface area contributed by atoms with Crippen molar-refractivity contribution in [2.75, 3.05) is 11.1 Å². The van der Waals surface area contributed by atoms with Gasteiger partial charge in [0.1, 0.15) is 0 Å². The third-order valence-electron chi connectivity index (χ3n) is 3.27. The molecule has 23 heavy (non-hydrogen) atoms. The fraction of sp³-hybridized carbons (Fsp3) is 0.188. The summed E-state index contributed by atoms with van der Waals surface area (Å²) in [5, 5.41) is 13.7. The highest BCUT2D eigenvalue weighted by Crippen LogP contribution is 2.27. The van der Waals surface area contributed by atoms with Crippen molar-refractivity contribution < 1.29 is 9.72 Å². The van der Waals surface area contributed by atoms with E-state index < -0.39 is 4.92 Å². The van der Waals surface area contributed by atoms with Crippen LogP contribution in [0.15, 0.2) is 45.8 Å². The molecule has 1 N–H and O–H groups in total. The van der Waals surface area contributed by atoms with Crippen LogP contribution in [0.2, 0.25) is 0 Å². The molecule has 2 aromatic rings. The first kappa shape index (κ1) is 17.5. The summed E-state index contributed by atoms with van der Waals surface area (Å²) in [4.78, 5) is 23.6. The first-order valence-electron chi connectivity index (χ1n) is 6.81. The molecule has 7 heteroatoms. The molecular formula is C16H15BrN2O3S. The number of anilines is 1. The summed E-state index contributed by atoms with van der Waals surface area (Å²) in [5.41, 5.74) is 2.01. The van der Waals surface area contributed by atoms with E-state index in [-0.39, 0.29) is 17.3 Å². The molecule has 0 saturated carbocycles. The Bertz CT molecular complexity index is 765. The number of nitrogens with zero attached hydrogens (tertiary/aromatic N) is 1. The van der Waals surface area contributed by atoms with Crippen LogP contribution in [-0.4, -0.2) is 16.6 Å². The smallest absolute Gasteiger partial charge is 0.274 e. The molecule has 2 aromatic carbocycles. The largest absolute Gasteiger partial charge is 0.325 e. The first-order valence-corrected chi connectivity index (χ1v) is 8.59. The van der Waals surface area contributed by atoms with E-state index in [0.717, 1.165) is 14.9 Å². The van der Waals surface area contributed by atoms with Gasteiger partial charge in [0.25, 0.3) is 5.69 Å². The number of hydrogen-bond donors (Lipinski definition) is 1. The lowest BCUT2D eigenvalue weighted by Gasteiger charge is -2.09. The predicted octanol–water partition coefficient (Wildman–Crippen LogP) is 4.70. The maximum Gasteiger partial charge on any atom is 0.274 e. The van der Waals surface area contributed by atoms with Gasteiger partial charge < -0.3 is 5.32 Å². The molecule has 0 aliphatic carbocycles. The minimum atomic E-state index is -0.453. The van der Waals surface area contributed by atoms with Crippen LogP contribution in [0.4, 0.5) is 11.4 Å². The van der Waals surface area contributed by atoms with Crippen molar-refractivity contribution in [2.24, 2.45) is 0 Å². The van der Waals surface area contributed by atoms with E-state index in [1.54, 1.807) is 19.1 Å². The zero-order chi connectivity index (χ0) is 17.0. The van der Waals surface area contributed by atoms with Crippen molar-refractivity contribution in [1.29, 1.82) is 0 Å². The average molecular weight is 395 g/mol. The summed E-state index contributed by atoms with van der Waals surface area (Å²) >= 11 is 4.84. The zero-order valence-corrected chi connectivity index (χ0v) is 15.0. The van der Waals surface area contributed by atoms with Gasteiger partial charge in [0.15, 0.2) is 0 Å². The van der Waals surface area contributed by atoms with E-state index in [1.165, 1.54) is 17.8 Å². The van der Waals surface area contributed by atoms with Crippen molar-refractivity contribution >= 4 is 45.0 Å². The Balaban J connectivity index is 2.03. The molecule has 5 nitrogen and oxygen atoms in total. The van der Waals surface area contributed by atoms with Gasteiger partial charge in [0.05, 0.1) is 21.9 Å². The van der Waals surface area contributed by atoms with Crippen molar-refractivity contribution in [3.8, 4) is 0 Å². The molecule has 0 saturated heterocycles. The number of hydrogen-bond acceptors (Lipinski definition) is 4. The summed E-state index contributed by atoms with van der Waals surface area (Å²) in [5.74, 6) is 0.0471. The van der Waals surface area contributed by atoms with Crippen LogP contribution in [0.3, 0.4) is 0 Å². The Kier molecular flexibility index (Phi) is 5.79. The van der Waals surface area contributed by atoms with Gasteiger partial charge in [-0.2, -0.15) is 0 Å². The molecule has 0 bridgehead atoms. The van der Waals surface area contributed by atoms with Crippen LogP contribution in [0.25, 0.3) is 0 Å². The van der Waals surface area contributed by atoms with E-state index in [4.69, 9.17) is 0 Å². The maximum atomic E-state index is 12.1. The second-order valence-corrected chi connectivity index (χ2v) is 6.89. The van der Waals surface area contributed by atoms with Crippen LogP contribution in [0.1, 0.15) is 11.1 Å². The van der Waals surface area contributed by atoms with Gasteiger partial charge in [0.2, 0.25) is 5.91 Å². The van der Waals surface area contributed by atoms with Gasteiger partial charge >= 0.3 is 0 Å². The monoisotopic (exact) mass is 394 g/mol. The Labute approximate surface area is 146 Å². The number of benzene rings is 2. The number of nitro groups is 1. The molecule has 0 aliphatic rings. The fourth-order valence-electron chi connectivity index (χ4n) is 2.06. The lowest BCUT2D eigenvalue weighted by atomic mass is 10.1. The minimum Gasteiger partial charge on any atom is -0.325 e. The molecule has 0 heterocycles. The summed E-state index contributed by atoms with van der Waals surface area (Å²) < 4.78 is 0.996. The molecule has 0 atom stereocenters. The summed E-state index contributed by atoms with van der Waals surface area (Å²) in [7, 11) is 0. The molecule has 120 valence electrons. The SMILES string of the molecule is Cc1cc(Br)ccc1SCC(=O)Nc1cccc([N+](=O)[O-])c1C. The van der Waals surface area contributed by atoms with Crippen molar-refractivity contribution in [1.82, 2.24) is 0 Å².